The Kier molecular flexibility index (Phi) is 3.31. The predicted octanol–water partition coefficient (Wildman–Crippen LogP) is 1.52. The Hall–Kier alpha value is -1.86. The van der Waals surface area contributed by atoms with E-state index in [4.69, 9.17) is 5.11 Å². The Morgan fingerprint density at radius 3 is 2.06 bits per heavy atom. The zero-order valence-electron chi connectivity index (χ0n) is 7.89. The lowest BCUT2D eigenvalue weighted by atomic mass is 10.3. The van der Waals surface area contributed by atoms with E-state index in [0.29, 0.717) is 0 Å². The standard InChI is InChI=1S/C8H6F4N2O2/c1-2(8(15)16)13-5-3(9)6(11)14-7(12)4(5)10/h2H,1H3,(H,13,14)(H,15,16). The number of pyridine rings is 1. The van der Waals surface area contributed by atoms with Gasteiger partial charge in [-0.15, -0.1) is 0 Å². The van der Waals surface area contributed by atoms with Crippen molar-refractivity contribution in [3.05, 3.63) is 23.5 Å². The Labute approximate surface area is 86.9 Å². The monoisotopic (exact) mass is 238 g/mol. The number of aromatic nitrogens is 1. The van der Waals surface area contributed by atoms with Crippen LogP contribution in [0.1, 0.15) is 6.92 Å². The minimum atomic E-state index is -1.85. The van der Waals surface area contributed by atoms with Crippen molar-refractivity contribution < 1.29 is 27.5 Å². The SMILES string of the molecule is CC(Nc1c(F)c(F)nc(F)c1F)C(=O)O. The summed E-state index contributed by atoms with van der Waals surface area (Å²) in [5.41, 5.74) is -1.19. The van der Waals surface area contributed by atoms with Crippen molar-refractivity contribution >= 4 is 11.7 Å². The maximum absolute atomic E-state index is 13.0. The molecule has 2 N–H and O–H groups in total. The molecular weight excluding hydrogens is 232 g/mol. The number of hydrogen-bond donors (Lipinski definition) is 2. The first-order valence-corrected chi connectivity index (χ1v) is 4.04. The molecule has 0 amide bonds. The number of carboxylic acids is 1. The smallest absolute Gasteiger partial charge is 0.325 e. The average molecular weight is 238 g/mol. The second-order valence-electron chi connectivity index (χ2n) is 2.90. The number of aliphatic carboxylic acids is 1. The van der Waals surface area contributed by atoms with E-state index in [2.05, 4.69) is 4.98 Å². The quantitative estimate of drug-likeness (QED) is 0.619. The number of halogens is 4. The van der Waals surface area contributed by atoms with Gasteiger partial charge in [0.2, 0.25) is 11.6 Å². The van der Waals surface area contributed by atoms with Crippen LogP contribution in [0.2, 0.25) is 0 Å². The summed E-state index contributed by atoms with van der Waals surface area (Å²) >= 11 is 0. The Morgan fingerprint density at radius 2 is 1.69 bits per heavy atom. The zero-order valence-corrected chi connectivity index (χ0v) is 7.89. The molecule has 0 fully saturated rings. The first-order chi connectivity index (χ1) is 7.34. The van der Waals surface area contributed by atoms with E-state index < -0.39 is 41.2 Å². The lowest BCUT2D eigenvalue weighted by Crippen LogP contribution is -2.27. The maximum Gasteiger partial charge on any atom is 0.325 e. The molecular formula is C8H6F4N2O2. The summed E-state index contributed by atoms with van der Waals surface area (Å²) in [5.74, 6) is -8.67. The van der Waals surface area contributed by atoms with E-state index in [1.54, 1.807) is 5.32 Å². The molecule has 4 nitrogen and oxygen atoms in total. The van der Waals surface area contributed by atoms with Crippen molar-refractivity contribution in [3.63, 3.8) is 0 Å². The highest BCUT2D eigenvalue weighted by molar-refractivity contribution is 5.76. The molecule has 0 radical (unpaired) electrons. The predicted molar refractivity (Wildman–Crippen MR) is 44.8 cm³/mol. The van der Waals surface area contributed by atoms with Crippen LogP contribution in [-0.2, 0) is 4.79 Å². The van der Waals surface area contributed by atoms with E-state index >= 15 is 0 Å². The van der Waals surface area contributed by atoms with Gasteiger partial charge in [-0.3, -0.25) is 4.79 Å². The molecule has 1 aromatic heterocycles. The molecule has 0 bridgehead atoms. The van der Waals surface area contributed by atoms with Crippen LogP contribution in [0, 0.1) is 23.5 Å². The van der Waals surface area contributed by atoms with Crippen LogP contribution in [0.5, 0.6) is 0 Å². The summed E-state index contributed by atoms with van der Waals surface area (Å²) in [6.45, 7) is 1.05. The van der Waals surface area contributed by atoms with Crippen LogP contribution in [0.15, 0.2) is 0 Å². The molecule has 0 aliphatic carbocycles. The van der Waals surface area contributed by atoms with Gasteiger partial charge in [0.1, 0.15) is 11.7 Å². The van der Waals surface area contributed by atoms with E-state index in [9.17, 15) is 22.4 Å². The molecule has 16 heavy (non-hydrogen) atoms. The summed E-state index contributed by atoms with van der Waals surface area (Å²) in [7, 11) is 0. The van der Waals surface area contributed by atoms with Gasteiger partial charge in [0, 0.05) is 0 Å². The fourth-order valence-electron chi connectivity index (χ4n) is 0.892. The van der Waals surface area contributed by atoms with Gasteiger partial charge in [0.25, 0.3) is 11.9 Å². The molecule has 8 heteroatoms. The van der Waals surface area contributed by atoms with Gasteiger partial charge in [-0.2, -0.15) is 22.5 Å². The largest absolute Gasteiger partial charge is 0.480 e. The summed E-state index contributed by atoms with van der Waals surface area (Å²) < 4.78 is 51.1. The third-order valence-corrected chi connectivity index (χ3v) is 1.73. The van der Waals surface area contributed by atoms with Crippen molar-refractivity contribution in [2.75, 3.05) is 5.32 Å². The fraction of sp³-hybridized carbons (Fsp3) is 0.250. The Bertz CT molecular complexity index is 412. The number of hydrogen-bond acceptors (Lipinski definition) is 3. The van der Waals surface area contributed by atoms with Gasteiger partial charge in [0.15, 0.2) is 0 Å². The van der Waals surface area contributed by atoms with E-state index in [-0.39, 0.29) is 0 Å². The number of carbonyl (C=O) groups is 1. The van der Waals surface area contributed by atoms with Gasteiger partial charge in [-0.1, -0.05) is 0 Å². The molecule has 0 aliphatic rings. The third-order valence-electron chi connectivity index (χ3n) is 1.73. The van der Waals surface area contributed by atoms with Gasteiger partial charge in [0.05, 0.1) is 0 Å². The highest BCUT2D eigenvalue weighted by Crippen LogP contribution is 2.22. The number of nitrogens with zero attached hydrogens (tertiary/aromatic N) is 1. The third kappa shape index (κ3) is 2.20. The number of carboxylic acid groups (broad SMARTS) is 1. The topological polar surface area (TPSA) is 62.2 Å². The summed E-state index contributed by atoms with van der Waals surface area (Å²) in [6, 6.07) is -1.41. The van der Waals surface area contributed by atoms with E-state index in [0.717, 1.165) is 6.92 Å². The van der Waals surface area contributed by atoms with Crippen molar-refractivity contribution in [1.29, 1.82) is 0 Å². The first kappa shape index (κ1) is 12.2. The molecule has 1 atom stereocenters. The van der Waals surface area contributed by atoms with Crippen LogP contribution >= 0.6 is 0 Å². The highest BCUT2D eigenvalue weighted by Gasteiger charge is 2.23. The van der Waals surface area contributed by atoms with Crippen LogP contribution < -0.4 is 5.32 Å². The van der Waals surface area contributed by atoms with Gasteiger partial charge in [-0.25, -0.2) is 0 Å². The van der Waals surface area contributed by atoms with Crippen LogP contribution in [0.25, 0.3) is 0 Å². The Balaban J connectivity index is 3.17. The minimum Gasteiger partial charge on any atom is -0.480 e. The number of anilines is 1. The van der Waals surface area contributed by atoms with Crippen molar-refractivity contribution in [3.8, 4) is 0 Å². The molecule has 0 aromatic carbocycles. The van der Waals surface area contributed by atoms with Crippen molar-refractivity contribution in [2.45, 2.75) is 13.0 Å². The Morgan fingerprint density at radius 1 is 1.25 bits per heavy atom. The molecule has 1 unspecified atom stereocenters. The van der Waals surface area contributed by atoms with Crippen LogP contribution in [0.4, 0.5) is 23.2 Å². The summed E-state index contributed by atoms with van der Waals surface area (Å²) in [4.78, 5) is 12.7. The maximum atomic E-state index is 13.0. The van der Waals surface area contributed by atoms with Crippen LogP contribution in [-0.4, -0.2) is 22.1 Å². The zero-order chi connectivity index (χ0) is 12.5. The van der Waals surface area contributed by atoms with Gasteiger partial charge >= 0.3 is 5.97 Å². The molecule has 0 saturated carbocycles. The number of nitrogens with one attached hydrogen (secondary N) is 1. The lowest BCUT2D eigenvalue weighted by molar-refractivity contribution is -0.137. The normalized spacial score (nSPS) is 12.3. The molecule has 88 valence electrons. The van der Waals surface area contributed by atoms with Crippen molar-refractivity contribution in [1.82, 2.24) is 4.98 Å². The van der Waals surface area contributed by atoms with Crippen molar-refractivity contribution in [2.24, 2.45) is 0 Å². The average Bonchev–Trinajstić information content (AvgIpc) is 2.21. The van der Waals surface area contributed by atoms with Crippen LogP contribution in [0.3, 0.4) is 0 Å². The molecule has 1 heterocycles. The second-order valence-corrected chi connectivity index (χ2v) is 2.90. The first-order valence-electron chi connectivity index (χ1n) is 4.04. The molecule has 0 spiro atoms. The van der Waals surface area contributed by atoms with E-state index in [1.165, 1.54) is 0 Å². The summed E-state index contributed by atoms with van der Waals surface area (Å²) in [6.07, 6.45) is 0. The number of rotatable bonds is 3. The minimum absolute atomic E-state index is 1.05. The molecule has 1 rings (SSSR count). The second kappa shape index (κ2) is 4.33. The molecule has 1 aromatic rings. The van der Waals surface area contributed by atoms with Gasteiger partial charge in [-0.05, 0) is 6.92 Å². The fourth-order valence-corrected chi connectivity index (χ4v) is 0.892. The molecule has 0 saturated heterocycles. The summed E-state index contributed by atoms with van der Waals surface area (Å²) in [5, 5.41) is 10.2. The van der Waals surface area contributed by atoms with Gasteiger partial charge < -0.3 is 10.4 Å². The lowest BCUT2D eigenvalue weighted by Gasteiger charge is -2.12. The highest BCUT2D eigenvalue weighted by atomic mass is 19.2. The molecule has 0 aliphatic heterocycles. The van der Waals surface area contributed by atoms with E-state index in [1.807, 2.05) is 0 Å².